The highest BCUT2D eigenvalue weighted by Gasteiger charge is 2.10. The molecule has 0 atom stereocenters. The van der Waals surface area contributed by atoms with Crippen molar-refractivity contribution >= 4 is 33.2 Å². The Bertz CT molecular complexity index is 723. The smallest absolute Gasteiger partial charge is 0.169 e. The van der Waals surface area contributed by atoms with Crippen LogP contribution in [0.2, 0.25) is 5.15 Å². The van der Waals surface area contributed by atoms with Crippen molar-refractivity contribution in [2.45, 2.75) is 0 Å². The lowest BCUT2D eigenvalue weighted by molar-refractivity contribution is 0.627. The van der Waals surface area contributed by atoms with Crippen LogP contribution in [-0.2, 0) is 0 Å². The average molecular weight is 328 g/mol. The number of hydrogen-bond acceptors (Lipinski definition) is 3. The Balaban J connectivity index is 2.25. The van der Waals surface area contributed by atoms with Gasteiger partial charge in [-0.2, -0.15) is 0 Å². The minimum absolute atomic E-state index is 0.335. The van der Waals surface area contributed by atoms with E-state index in [9.17, 15) is 4.39 Å². The number of halogens is 3. The summed E-state index contributed by atoms with van der Waals surface area (Å²) in [5.41, 5.74) is 1.17. The largest absolute Gasteiger partial charge is 0.265 e. The van der Waals surface area contributed by atoms with Crippen molar-refractivity contribution in [3.8, 4) is 11.4 Å². The molecule has 7 heteroatoms. The molecule has 0 spiro atoms. The van der Waals surface area contributed by atoms with Gasteiger partial charge < -0.3 is 0 Å². The standard InChI is InChI=1S/C11H5BrClFN4/c12-7-1-6(2-8(14)3-7)11-17-16-10-4-9(13)15-5-18(10)11/h1-5H. The molecule has 4 nitrogen and oxygen atoms in total. The Morgan fingerprint density at radius 1 is 1.17 bits per heavy atom. The van der Waals surface area contributed by atoms with Crippen LogP contribution in [-0.4, -0.2) is 19.6 Å². The van der Waals surface area contributed by atoms with Gasteiger partial charge >= 0.3 is 0 Å². The SMILES string of the molecule is Fc1cc(Br)cc(-c2nnc3cc(Cl)ncn23)c1. The number of benzene rings is 1. The van der Waals surface area contributed by atoms with Crippen LogP contribution in [0.5, 0.6) is 0 Å². The molecule has 0 radical (unpaired) electrons. The van der Waals surface area contributed by atoms with E-state index >= 15 is 0 Å². The highest BCUT2D eigenvalue weighted by Crippen LogP contribution is 2.24. The van der Waals surface area contributed by atoms with E-state index in [1.54, 1.807) is 16.5 Å². The Hall–Kier alpha value is -1.53. The molecule has 0 aliphatic heterocycles. The zero-order valence-corrected chi connectivity index (χ0v) is 11.2. The molecule has 0 N–H and O–H groups in total. The molecule has 3 rings (SSSR count). The van der Waals surface area contributed by atoms with Gasteiger partial charge in [0.05, 0.1) is 0 Å². The van der Waals surface area contributed by atoms with E-state index in [2.05, 4.69) is 31.1 Å². The molecule has 90 valence electrons. The van der Waals surface area contributed by atoms with Gasteiger partial charge in [-0.3, -0.25) is 4.40 Å². The van der Waals surface area contributed by atoms with Gasteiger partial charge in [0.25, 0.3) is 0 Å². The van der Waals surface area contributed by atoms with E-state index < -0.39 is 0 Å². The third-order valence-corrected chi connectivity index (χ3v) is 3.05. The van der Waals surface area contributed by atoms with Gasteiger partial charge in [-0.15, -0.1) is 10.2 Å². The molecule has 2 heterocycles. The van der Waals surface area contributed by atoms with Gasteiger partial charge in [0.2, 0.25) is 0 Å². The highest BCUT2D eigenvalue weighted by molar-refractivity contribution is 9.10. The fourth-order valence-electron chi connectivity index (χ4n) is 1.65. The second-order valence-electron chi connectivity index (χ2n) is 3.62. The van der Waals surface area contributed by atoms with Gasteiger partial charge in [0.15, 0.2) is 11.5 Å². The van der Waals surface area contributed by atoms with Crippen molar-refractivity contribution in [2.75, 3.05) is 0 Å². The van der Waals surface area contributed by atoms with Crippen molar-refractivity contribution < 1.29 is 4.39 Å². The lowest BCUT2D eigenvalue weighted by atomic mass is 10.2. The summed E-state index contributed by atoms with van der Waals surface area (Å²) in [6.07, 6.45) is 1.51. The van der Waals surface area contributed by atoms with E-state index in [1.807, 2.05) is 0 Å². The Kier molecular flexibility index (Phi) is 2.76. The minimum atomic E-state index is -0.349. The number of rotatable bonds is 1. The molecule has 0 fully saturated rings. The Morgan fingerprint density at radius 3 is 2.78 bits per heavy atom. The maximum atomic E-state index is 13.4. The first-order valence-corrected chi connectivity index (χ1v) is 6.13. The molecular weight excluding hydrogens is 323 g/mol. The molecule has 2 aromatic heterocycles. The summed E-state index contributed by atoms with van der Waals surface area (Å²) < 4.78 is 15.6. The first-order chi connectivity index (χ1) is 8.63. The first kappa shape index (κ1) is 11.6. The number of hydrogen-bond donors (Lipinski definition) is 0. The lowest BCUT2D eigenvalue weighted by Crippen LogP contribution is -1.92. The summed E-state index contributed by atoms with van der Waals surface area (Å²) in [6, 6.07) is 6.11. The zero-order valence-electron chi connectivity index (χ0n) is 8.81. The number of nitrogens with zero attached hydrogens (tertiary/aromatic N) is 4. The quantitative estimate of drug-likeness (QED) is 0.644. The predicted molar refractivity (Wildman–Crippen MR) is 68.9 cm³/mol. The topological polar surface area (TPSA) is 43.1 Å². The average Bonchev–Trinajstić information content (AvgIpc) is 2.70. The van der Waals surface area contributed by atoms with E-state index in [0.29, 0.717) is 26.7 Å². The van der Waals surface area contributed by atoms with Crippen LogP contribution >= 0.6 is 27.5 Å². The minimum Gasteiger partial charge on any atom is -0.265 e. The van der Waals surface area contributed by atoms with Gasteiger partial charge in [0, 0.05) is 16.1 Å². The summed E-state index contributed by atoms with van der Waals surface area (Å²) in [5.74, 6) is 0.160. The van der Waals surface area contributed by atoms with Crippen molar-refractivity contribution in [2.24, 2.45) is 0 Å². The summed E-state index contributed by atoms with van der Waals surface area (Å²) in [4.78, 5) is 3.95. The molecule has 0 saturated heterocycles. The third kappa shape index (κ3) is 1.97. The van der Waals surface area contributed by atoms with Gasteiger partial charge in [-0.1, -0.05) is 27.5 Å². The van der Waals surface area contributed by atoms with Crippen molar-refractivity contribution in [3.05, 3.63) is 46.0 Å². The maximum absolute atomic E-state index is 13.4. The Labute approximate surface area is 115 Å². The fraction of sp³-hybridized carbons (Fsp3) is 0. The summed E-state index contributed by atoms with van der Waals surface area (Å²) >= 11 is 9.00. The van der Waals surface area contributed by atoms with E-state index in [1.165, 1.54) is 18.5 Å². The lowest BCUT2D eigenvalue weighted by Gasteiger charge is -2.01. The zero-order chi connectivity index (χ0) is 12.7. The molecule has 0 aliphatic carbocycles. The fourth-order valence-corrected chi connectivity index (χ4v) is 2.26. The van der Waals surface area contributed by atoms with Crippen molar-refractivity contribution in [3.63, 3.8) is 0 Å². The van der Waals surface area contributed by atoms with Crippen LogP contribution in [0.15, 0.2) is 35.1 Å². The molecule has 1 aromatic carbocycles. The number of fused-ring (bicyclic) bond motifs is 1. The van der Waals surface area contributed by atoms with E-state index in [-0.39, 0.29) is 5.82 Å². The van der Waals surface area contributed by atoms with Crippen LogP contribution in [0.1, 0.15) is 0 Å². The molecule has 0 unspecified atom stereocenters. The second kappa shape index (κ2) is 4.29. The van der Waals surface area contributed by atoms with Crippen molar-refractivity contribution in [1.82, 2.24) is 19.6 Å². The summed E-state index contributed by atoms with van der Waals surface area (Å²) in [7, 11) is 0. The van der Waals surface area contributed by atoms with Crippen LogP contribution in [0, 0.1) is 5.82 Å². The monoisotopic (exact) mass is 326 g/mol. The van der Waals surface area contributed by atoms with Gasteiger partial charge in [-0.25, -0.2) is 9.37 Å². The van der Waals surface area contributed by atoms with Gasteiger partial charge in [0.1, 0.15) is 17.3 Å². The van der Waals surface area contributed by atoms with Crippen molar-refractivity contribution in [1.29, 1.82) is 0 Å². The van der Waals surface area contributed by atoms with Crippen LogP contribution in [0.4, 0.5) is 4.39 Å². The van der Waals surface area contributed by atoms with E-state index in [4.69, 9.17) is 11.6 Å². The molecule has 0 saturated carbocycles. The molecule has 3 aromatic rings. The highest BCUT2D eigenvalue weighted by atomic mass is 79.9. The normalized spacial score (nSPS) is 11.1. The van der Waals surface area contributed by atoms with E-state index in [0.717, 1.165) is 0 Å². The van der Waals surface area contributed by atoms with Crippen LogP contribution in [0.25, 0.3) is 17.0 Å². The molecule has 18 heavy (non-hydrogen) atoms. The van der Waals surface area contributed by atoms with Crippen LogP contribution < -0.4 is 0 Å². The third-order valence-electron chi connectivity index (χ3n) is 2.39. The number of aromatic nitrogens is 4. The van der Waals surface area contributed by atoms with Crippen LogP contribution in [0.3, 0.4) is 0 Å². The second-order valence-corrected chi connectivity index (χ2v) is 4.92. The molecule has 0 bridgehead atoms. The predicted octanol–water partition coefficient (Wildman–Crippen LogP) is 3.35. The van der Waals surface area contributed by atoms with Gasteiger partial charge in [-0.05, 0) is 18.2 Å². The molecule has 0 amide bonds. The summed E-state index contributed by atoms with van der Waals surface area (Å²) in [5, 5.41) is 8.32. The molecule has 0 aliphatic rings. The first-order valence-electron chi connectivity index (χ1n) is 4.96. The molecular formula is C11H5BrClFN4. The summed E-state index contributed by atoms with van der Waals surface area (Å²) in [6.45, 7) is 0. The maximum Gasteiger partial charge on any atom is 0.169 e. The Morgan fingerprint density at radius 2 is 2.00 bits per heavy atom.